The number of benzene rings is 1. The number of ether oxygens (including phenoxy) is 1. The number of rotatable bonds is 7. The van der Waals surface area contributed by atoms with Gasteiger partial charge in [0.15, 0.2) is 0 Å². The molecule has 3 heterocycles. The van der Waals surface area contributed by atoms with Crippen molar-refractivity contribution in [1.29, 1.82) is 0 Å². The Hall–Kier alpha value is -3.93. The Morgan fingerprint density at radius 1 is 1.22 bits per heavy atom. The minimum atomic E-state index is -3.65. The molecule has 0 saturated heterocycles. The van der Waals surface area contributed by atoms with E-state index in [4.69, 9.17) is 9.84 Å². The van der Waals surface area contributed by atoms with E-state index in [0.717, 1.165) is 58.1 Å². The van der Waals surface area contributed by atoms with Crippen molar-refractivity contribution in [2.45, 2.75) is 24.7 Å². The quantitative estimate of drug-likeness (QED) is 0.479. The number of hydrogen-bond acceptors (Lipinski definition) is 7. The Labute approximate surface area is 214 Å². The van der Waals surface area contributed by atoms with Crippen molar-refractivity contribution < 1.29 is 27.9 Å². The number of pyridine rings is 2. The fourth-order valence-electron chi connectivity index (χ4n) is 5.02. The Kier molecular flexibility index (Phi) is 5.94. The fourth-order valence-corrected chi connectivity index (χ4v) is 5.57. The zero-order valence-electron chi connectivity index (χ0n) is 20.7. The average Bonchev–Trinajstić information content (AvgIpc) is 3.06. The van der Waals surface area contributed by atoms with Crippen molar-refractivity contribution in [2.24, 2.45) is 0 Å². The van der Waals surface area contributed by atoms with Crippen LogP contribution in [0.5, 0.6) is 5.88 Å². The molecule has 1 aliphatic carbocycles. The highest BCUT2D eigenvalue weighted by molar-refractivity contribution is 7.92. The van der Waals surface area contributed by atoms with Crippen LogP contribution >= 0.6 is 0 Å². The van der Waals surface area contributed by atoms with Gasteiger partial charge >= 0.3 is 6.09 Å². The van der Waals surface area contributed by atoms with E-state index in [1.807, 2.05) is 18.2 Å². The van der Waals surface area contributed by atoms with Crippen LogP contribution < -0.4 is 14.4 Å². The van der Waals surface area contributed by atoms with Crippen LogP contribution in [0.3, 0.4) is 0 Å². The van der Waals surface area contributed by atoms with Crippen molar-refractivity contribution in [3.63, 3.8) is 0 Å². The van der Waals surface area contributed by atoms with Gasteiger partial charge in [0, 0.05) is 36.8 Å². The molecule has 2 amide bonds. The Bertz CT molecular complexity index is 1540. The minimum Gasteiger partial charge on any atom is -0.474 e. The second-order valence-corrected chi connectivity index (χ2v) is 11.3. The Balaban J connectivity index is 1.54. The number of sulfonamides is 1. The first-order valence-electron chi connectivity index (χ1n) is 11.8. The van der Waals surface area contributed by atoms with Gasteiger partial charge in [0.1, 0.15) is 12.3 Å². The van der Waals surface area contributed by atoms with Gasteiger partial charge in [-0.2, -0.15) is 0 Å². The molecular weight excluding hydrogens is 498 g/mol. The smallest absolute Gasteiger partial charge is 0.407 e. The lowest BCUT2D eigenvalue weighted by Crippen LogP contribution is -2.43. The standard InChI is InChI=1S/C25H27N5O6S/c1-29(24(32)33)9-10-36-22-19(28-37(3,34)35)12-16(13-27-22)15-5-6-18-17(11-15)21-20(14-26-18)30(2)23(31)25(21)7-4-8-25/h5-6,11-14,28H,4,7-10H2,1-3H3,(H,32,33). The third-order valence-electron chi connectivity index (χ3n) is 7.08. The Morgan fingerprint density at radius 3 is 2.62 bits per heavy atom. The van der Waals surface area contributed by atoms with E-state index in [0.29, 0.717) is 5.56 Å². The summed E-state index contributed by atoms with van der Waals surface area (Å²) >= 11 is 0. The van der Waals surface area contributed by atoms with Gasteiger partial charge in [-0.25, -0.2) is 18.2 Å². The summed E-state index contributed by atoms with van der Waals surface area (Å²) in [6, 6.07) is 7.35. The molecule has 0 unspecified atom stereocenters. The summed E-state index contributed by atoms with van der Waals surface area (Å²) in [5, 5.41) is 9.89. The van der Waals surface area contributed by atoms with Crippen molar-refractivity contribution in [1.82, 2.24) is 14.9 Å². The lowest BCUT2D eigenvalue weighted by Gasteiger charge is -2.37. The van der Waals surface area contributed by atoms with E-state index in [2.05, 4.69) is 14.7 Å². The van der Waals surface area contributed by atoms with Crippen LogP contribution in [-0.4, -0.2) is 73.9 Å². The number of fused-ring (bicyclic) bond motifs is 4. The maximum Gasteiger partial charge on any atom is 0.407 e. The summed E-state index contributed by atoms with van der Waals surface area (Å²) in [5.41, 5.74) is 3.65. The molecule has 1 aromatic carbocycles. The summed E-state index contributed by atoms with van der Waals surface area (Å²) in [6.07, 6.45) is 5.85. The van der Waals surface area contributed by atoms with E-state index in [-0.39, 0.29) is 30.6 Å². The second-order valence-electron chi connectivity index (χ2n) is 9.55. The van der Waals surface area contributed by atoms with E-state index < -0.39 is 21.5 Å². The van der Waals surface area contributed by atoms with Crippen LogP contribution in [-0.2, 0) is 20.2 Å². The minimum absolute atomic E-state index is 0.00893. The second kappa shape index (κ2) is 8.87. The van der Waals surface area contributed by atoms with Crippen molar-refractivity contribution in [2.75, 3.05) is 43.1 Å². The lowest BCUT2D eigenvalue weighted by molar-refractivity contribution is -0.125. The summed E-state index contributed by atoms with van der Waals surface area (Å²) < 4.78 is 32.1. The zero-order valence-corrected chi connectivity index (χ0v) is 21.5. The van der Waals surface area contributed by atoms with Crippen LogP contribution in [0, 0.1) is 0 Å². The molecule has 37 heavy (non-hydrogen) atoms. The molecule has 2 aliphatic rings. The van der Waals surface area contributed by atoms with Crippen LogP contribution in [0.4, 0.5) is 16.2 Å². The summed E-state index contributed by atoms with van der Waals surface area (Å²) in [5.74, 6) is 0.141. The number of anilines is 2. The number of aromatic nitrogens is 2. The molecule has 3 aromatic rings. The number of carbonyl (C=O) groups excluding carboxylic acids is 1. The number of amides is 2. The van der Waals surface area contributed by atoms with Gasteiger partial charge in [-0.1, -0.05) is 12.5 Å². The molecule has 1 aliphatic heterocycles. The maximum absolute atomic E-state index is 13.1. The monoisotopic (exact) mass is 525 g/mol. The number of nitrogens with zero attached hydrogens (tertiary/aromatic N) is 4. The van der Waals surface area contributed by atoms with Gasteiger partial charge in [0.05, 0.1) is 35.6 Å². The van der Waals surface area contributed by atoms with Gasteiger partial charge in [-0.3, -0.25) is 14.5 Å². The fraction of sp³-hybridized carbons (Fsp3) is 0.360. The maximum atomic E-state index is 13.1. The molecule has 1 fully saturated rings. The predicted octanol–water partition coefficient (Wildman–Crippen LogP) is 3.06. The van der Waals surface area contributed by atoms with Gasteiger partial charge in [-0.05, 0) is 36.6 Å². The highest BCUT2D eigenvalue weighted by atomic mass is 32.2. The largest absolute Gasteiger partial charge is 0.474 e. The summed E-state index contributed by atoms with van der Waals surface area (Å²) in [4.78, 5) is 35.8. The highest BCUT2D eigenvalue weighted by Gasteiger charge is 2.54. The molecule has 0 bridgehead atoms. The molecule has 0 atom stereocenters. The van der Waals surface area contributed by atoms with Crippen LogP contribution in [0.25, 0.3) is 22.0 Å². The number of hydrogen-bond donors (Lipinski definition) is 2. The topological polar surface area (TPSA) is 142 Å². The molecular formula is C25H27N5O6S. The molecule has 194 valence electrons. The van der Waals surface area contributed by atoms with Crippen LogP contribution in [0.1, 0.15) is 24.8 Å². The molecule has 2 N–H and O–H groups in total. The molecule has 1 spiro atoms. The van der Waals surface area contributed by atoms with E-state index >= 15 is 0 Å². The van der Waals surface area contributed by atoms with Gasteiger partial charge in [0.25, 0.3) is 0 Å². The molecule has 2 aromatic heterocycles. The van der Waals surface area contributed by atoms with Gasteiger partial charge < -0.3 is 19.6 Å². The van der Waals surface area contributed by atoms with E-state index in [1.165, 1.54) is 7.05 Å². The average molecular weight is 526 g/mol. The molecule has 1 saturated carbocycles. The van der Waals surface area contributed by atoms with Gasteiger partial charge in [-0.15, -0.1) is 0 Å². The number of nitrogens with one attached hydrogen (secondary N) is 1. The van der Waals surface area contributed by atoms with Crippen molar-refractivity contribution in [3.8, 4) is 17.0 Å². The zero-order chi connectivity index (χ0) is 26.5. The summed E-state index contributed by atoms with van der Waals surface area (Å²) in [6.45, 7) is 0.0692. The first-order chi connectivity index (χ1) is 17.5. The third kappa shape index (κ3) is 4.31. The highest BCUT2D eigenvalue weighted by Crippen LogP contribution is 2.55. The number of likely N-dealkylation sites (N-methyl/N-ethyl adjacent to an activating group) is 2. The van der Waals surface area contributed by atoms with Crippen LogP contribution in [0.2, 0.25) is 0 Å². The number of carbonyl (C=O) groups is 2. The molecule has 11 nitrogen and oxygen atoms in total. The van der Waals surface area contributed by atoms with Gasteiger partial charge in [0.2, 0.25) is 21.8 Å². The van der Waals surface area contributed by atoms with Crippen molar-refractivity contribution in [3.05, 3.63) is 42.2 Å². The molecule has 5 rings (SSSR count). The lowest BCUT2D eigenvalue weighted by atomic mass is 9.64. The van der Waals surface area contributed by atoms with Crippen molar-refractivity contribution >= 4 is 44.3 Å². The summed E-state index contributed by atoms with van der Waals surface area (Å²) in [7, 11) is -0.459. The molecule has 12 heteroatoms. The normalized spacial score (nSPS) is 16.0. The SMILES string of the molecule is CN(CCOc1ncc(-c2ccc3ncc4c(c3c2)C2(CCC2)C(=O)N4C)cc1NS(C)(=O)=O)C(=O)O. The van der Waals surface area contributed by atoms with Crippen LogP contribution in [0.15, 0.2) is 36.7 Å². The third-order valence-corrected chi connectivity index (χ3v) is 7.67. The predicted molar refractivity (Wildman–Crippen MR) is 139 cm³/mol. The molecule has 0 radical (unpaired) electrons. The van der Waals surface area contributed by atoms with E-state index in [1.54, 1.807) is 30.4 Å². The number of carboxylic acid groups (broad SMARTS) is 1. The Morgan fingerprint density at radius 2 is 1.97 bits per heavy atom. The van der Waals surface area contributed by atoms with E-state index in [9.17, 15) is 18.0 Å². The first kappa shape index (κ1) is 24.8. The first-order valence-corrected chi connectivity index (χ1v) is 13.7.